The molecule has 0 saturated heterocycles. The van der Waals surface area contributed by atoms with Crippen LogP contribution < -0.4 is 5.32 Å². The van der Waals surface area contributed by atoms with Crippen molar-refractivity contribution in [3.63, 3.8) is 0 Å². The van der Waals surface area contributed by atoms with Crippen LogP contribution in [-0.2, 0) is 11.3 Å². The Kier molecular flexibility index (Phi) is 7.24. The topological polar surface area (TPSA) is 32.3 Å². The van der Waals surface area contributed by atoms with Crippen molar-refractivity contribution in [1.29, 1.82) is 0 Å². The Bertz CT molecular complexity index is 665. The lowest BCUT2D eigenvalue weighted by Crippen LogP contribution is -2.26. The van der Waals surface area contributed by atoms with Gasteiger partial charge in [-0.1, -0.05) is 60.2 Å². The summed E-state index contributed by atoms with van der Waals surface area (Å²) < 4.78 is 0. The van der Waals surface area contributed by atoms with E-state index in [2.05, 4.69) is 47.6 Å². The molecule has 2 aromatic rings. The molecule has 1 N–H and O–H groups in total. The summed E-state index contributed by atoms with van der Waals surface area (Å²) in [6, 6.07) is 18.5. The number of amides is 1. The van der Waals surface area contributed by atoms with E-state index in [9.17, 15) is 4.79 Å². The SMILES string of the molecule is Cc1cccc(/C=C/C(=O)NCCCN(C)Cc2ccccc2)c1. The van der Waals surface area contributed by atoms with E-state index in [0.717, 1.165) is 25.1 Å². The van der Waals surface area contributed by atoms with Crippen LogP contribution in [0.5, 0.6) is 0 Å². The zero-order valence-corrected chi connectivity index (χ0v) is 14.5. The second kappa shape index (κ2) is 9.68. The molecule has 0 saturated carbocycles. The van der Waals surface area contributed by atoms with Crippen LogP contribution in [0.1, 0.15) is 23.1 Å². The van der Waals surface area contributed by atoms with Crippen LogP contribution in [0.25, 0.3) is 6.08 Å². The molecular formula is C21H26N2O. The molecule has 0 aliphatic rings. The molecule has 126 valence electrons. The van der Waals surface area contributed by atoms with Crippen molar-refractivity contribution in [1.82, 2.24) is 10.2 Å². The van der Waals surface area contributed by atoms with Crippen LogP contribution >= 0.6 is 0 Å². The van der Waals surface area contributed by atoms with Gasteiger partial charge in [0.1, 0.15) is 0 Å². The van der Waals surface area contributed by atoms with Gasteiger partial charge in [0.2, 0.25) is 5.91 Å². The maximum Gasteiger partial charge on any atom is 0.243 e. The summed E-state index contributed by atoms with van der Waals surface area (Å²) in [6.07, 6.45) is 4.39. The first kappa shape index (κ1) is 18.0. The van der Waals surface area contributed by atoms with E-state index in [1.165, 1.54) is 11.1 Å². The van der Waals surface area contributed by atoms with Crippen molar-refractivity contribution < 1.29 is 4.79 Å². The Morgan fingerprint density at radius 3 is 2.67 bits per heavy atom. The Morgan fingerprint density at radius 1 is 1.12 bits per heavy atom. The molecule has 0 atom stereocenters. The van der Waals surface area contributed by atoms with E-state index in [1.54, 1.807) is 6.08 Å². The fraction of sp³-hybridized carbons (Fsp3) is 0.286. The summed E-state index contributed by atoms with van der Waals surface area (Å²) in [7, 11) is 2.10. The highest BCUT2D eigenvalue weighted by atomic mass is 16.1. The van der Waals surface area contributed by atoms with Crippen molar-refractivity contribution in [3.8, 4) is 0 Å². The standard InChI is InChI=1S/C21H26N2O/c1-18-8-6-11-19(16-18)12-13-21(24)22-14-7-15-23(2)17-20-9-4-3-5-10-20/h3-6,8-13,16H,7,14-15,17H2,1-2H3,(H,22,24)/b13-12+. The molecule has 0 radical (unpaired) electrons. The van der Waals surface area contributed by atoms with Crippen molar-refractivity contribution in [3.05, 3.63) is 77.4 Å². The monoisotopic (exact) mass is 322 g/mol. The van der Waals surface area contributed by atoms with Gasteiger partial charge in [-0.15, -0.1) is 0 Å². The van der Waals surface area contributed by atoms with E-state index in [-0.39, 0.29) is 5.91 Å². The molecular weight excluding hydrogens is 296 g/mol. The molecule has 3 heteroatoms. The quantitative estimate of drug-likeness (QED) is 0.594. The molecule has 2 rings (SSSR count). The molecule has 2 aromatic carbocycles. The summed E-state index contributed by atoms with van der Waals surface area (Å²) >= 11 is 0. The number of benzene rings is 2. The van der Waals surface area contributed by atoms with E-state index in [4.69, 9.17) is 0 Å². The van der Waals surface area contributed by atoms with Gasteiger partial charge in [0.25, 0.3) is 0 Å². The predicted molar refractivity (Wildman–Crippen MR) is 101 cm³/mol. The first-order chi connectivity index (χ1) is 11.6. The summed E-state index contributed by atoms with van der Waals surface area (Å²) in [5, 5.41) is 2.93. The summed E-state index contributed by atoms with van der Waals surface area (Å²) in [4.78, 5) is 14.1. The first-order valence-electron chi connectivity index (χ1n) is 8.38. The largest absolute Gasteiger partial charge is 0.353 e. The number of nitrogens with one attached hydrogen (secondary N) is 1. The van der Waals surface area contributed by atoms with Crippen molar-refractivity contribution in [2.24, 2.45) is 0 Å². The number of carbonyl (C=O) groups is 1. The first-order valence-corrected chi connectivity index (χ1v) is 8.38. The lowest BCUT2D eigenvalue weighted by molar-refractivity contribution is -0.116. The van der Waals surface area contributed by atoms with Crippen molar-refractivity contribution >= 4 is 12.0 Å². The van der Waals surface area contributed by atoms with Gasteiger partial charge >= 0.3 is 0 Å². The van der Waals surface area contributed by atoms with Crippen LogP contribution in [0.4, 0.5) is 0 Å². The third-order valence-electron chi connectivity index (χ3n) is 3.78. The van der Waals surface area contributed by atoms with Crippen molar-refractivity contribution in [2.45, 2.75) is 19.9 Å². The fourth-order valence-corrected chi connectivity index (χ4v) is 2.54. The molecule has 24 heavy (non-hydrogen) atoms. The summed E-state index contributed by atoms with van der Waals surface area (Å²) in [5.41, 5.74) is 3.55. The molecule has 0 unspecified atom stereocenters. The predicted octanol–water partition coefficient (Wildman–Crippen LogP) is 3.65. The molecule has 0 aliphatic heterocycles. The number of rotatable bonds is 8. The van der Waals surface area contributed by atoms with Gasteiger partial charge in [-0.25, -0.2) is 0 Å². The van der Waals surface area contributed by atoms with Crippen molar-refractivity contribution in [2.75, 3.05) is 20.1 Å². The molecule has 3 nitrogen and oxygen atoms in total. The minimum absolute atomic E-state index is 0.0396. The third kappa shape index (κ3) is 6.80. The van der Waals surface area contributed by atoms with Gasteiger partial charge in [-0.3, -0.25) is 4.79 Å². The Labute approximate surface area is 145 Å². The van der Waals surface area contributed by atoms with Crippen LogP contribution in [0, 0.1) is 6.92 Å². The average molecular weight is 322 g/mol. The smallest absolute Gasteiger partial charge is 0.243 e. The number of aryl methyl sites for hydroxylation is 1. The van der Waals surface area contributed by atoms with Crippen LogP contribution in [0.2, 0.25) is 0 Å². The zero-order chi connectivity index (χ0) is 17.2. The average Bonchev–Trinajstić information content (AvgIpc) is 2.58. The molecule has 0 bridgehead atoms. The molecule has 0 aliphatic carbocycles. The molecule has 0 spiro atoms. The maximum absolute atomic E-state index is 11.8. The second-order valence-corrected chi connectivity index (χ2v) is 6.12. The lowest BCUT2D eigenvalue weighted by atomic mass is 10.1. The van der Waals surface area contributed by atoms with Gasteiger partial charge in [-0.2, -0.15) is 0 Å². The Morgan fingerprint density at radius 2 is 1.92 bits per heavy atom. The number of hydrogen-bond acceptors (Lipinski definition) is 2. The van der Waals surface area contributed by atoms with E-state index in [0.29, 0.717) is 6.54 Å². The van der Waals surface area contributed by atoms with E-state index < -0.39 is 0 Å². The second-order valence-electron chi connectivity index (χ2n) is 6.12. The number of carbonyl (C=O) groups excluding carboxylic acids is 1. The highest BCUT2D eigenvalue weighted by Gasteiger charge is 2.00. The van der Waals surface area contributed by atoms with Gasteiger partial charge in [0.05, 0.1) is 0 Å². The number of hydrogen-bond donors (Lipinski definition) is 1. The van der Waals surface area contributed by atoms with Crippen LogP contribution in [0.15, 0.2) is 60.7 Å². The molecule has 0 aromatic heterocycles. The van der Waals surface area contributed by atoms with Gasteiger partial charge in [0.15, 0.2) is 0 Å². The number of nitrogens with zero attached hydrogens (tertiary/aromatic N) is 1. The normalized spacial score (nSPS) is 11.1. The highest BCUT2D eigenvalue weighted by Crippen LogP contribution is 2.05. The van der Waals surface area contributed by atoms with Crippen LogP contribution in [0.3, 0.4) is 0 Å². The van der Waals surface area contributed by atoms with Gasteiger partial charge < -0.3 is 10.2 Å². The van der Waals surface area contributed by atoms with E-state index in [1.807, 2.05) is 37.3 Å². The van der Waals surface area contributed by atoms with Gasteiger partial charge in [-0.05, 0) is 44.1 Å². The Balaban J connectivity index is 1.64. The Hall–Kier alpha value is -2.39. The highest BCUT2D eigenvalue weighted by molar-refractivity contribution is 5.91. The minimum atomic E-state index is -0.0396. The minimum Gasteiger partial charge on any atom is -0.353 e. The molecule has 0 fully saturated rings. The third-order valence-corrected chi connectivity index (χ3v) is 3.78. The summed E-state index contributed by atoms with van der Waals surface area (Å²) in [6.45, 7) is 4.62. The fourth-order valence-electron chi connectivity index (χ4n) is 2.54. The van der Waals surface area contributed by atoms with Crippen LogP contribution in [-0.4, -0.2) is 30.9 Å². The summed E-state index contributed by atoms with van der Waals surface area (Å²) in [5.74, 6) is -0.0396. The maximum atomic E-state index is 11.8. The van der Waals surface area contributed by atoms with E-state index >= 15 is 0 Å². The lowest BCUT2D eigenvalue weighted by Gasteiger charge is -2.16. The molecule has 0 heterocycles. The van der Waals surface area contributed by atoms with Gasteiger partial charge in [0, 0.05) is 19.2 Å². The zero-order valence-electron chi connectivity index (χ0n) is 14.5. The molecule has 1 amide bonds.